The normalized spacial score (nSPS) is 22.0. The van der Waals surface area contributed by atoms with Gasteiger partial charge >= 0.3 is 0 Å². The van der Waals surface area contributed by atoms with E-state index in [-0.39, 0.29) is 58.2 Å². The second kappa shape index (κ2) is 11.4. The summed E-state index contributed by atoms with van der Waals surface area (Å²) in [5.41, 5.74) is 3.77. The fraction of sp³-hybridized carbons (Fsp3) is 0.308. The van der Waals surface area contributed by atoms with Crippen LogP contribution in [0.15, 0.2) is 72.3 Å². The summed E-state index contributed by atoms with van der Waals surface area (Å²) in [6.07, 6.45) is 1.85. The average Bonchev–Trinajstić information content (AvgIpc) is 3.37. The Morgan fingerprint density at radius 2 is 1.48 bits per heavy atom. The van der Waals surface area contributed by atoms with Gasteiger partial charge in [-0.3, -0.25) is 4.79 Å². The van der Waals surface area contributed by atoms with E-state index in [0.717, 1.165) is 12.0 Å². The number of benzene rings is 4. The first-order valence-corrected chi connectivity index (χ1v) is 16.1. The number of carbonyl (C=O) groups is 1. The molecule has 9 nitrogen and oxygen atoms in total. The standard InChI is InChI=1S/C39H38O9/c1-19(2)5-8-22-13-28-34(48-39(22,3)4)18-31(45)36-30(44)17-32(47-38(28)36)26-15-27-33(16-29(26)43)46-37(20-6-9-23(40)10-7-20)35(27)21-11-24(41)14-25(42)12-21/h5-7,9-12,14-16,18,22,32,35,37,40-43,45H,8,13,17H2,1-4H3/t22-,32-,35+,37-/m1/s1. The highest BCUT2D eigenvalue weighted by atomic mass is 16.5. The van der Waals surface area contributed by atoms with Crippen LogP contribution in [-0.4, -0.2) is 36.9 Å². The summed E-state index contributed by atoms with van der Waals surface area (Å²) in [7, 11) is 0. The number of phenols is 5. The Kier molecular flexibility index (Phi) is 7.46. The quantitative estimate of drug-likeness (QED) is 0.136. The van der Waals surface area contributed by atoms with Gasteiger partial charge in [0.1, 0.15) is 69.4 Å². The molecule has 0 saturated heterocycles. The summed E-state index contributed by atoms with van der Waals surface area (Å²) in [4.78, 5) is 13.7. The molecule has 48 heavy (non-hydrogen) atoms. The largest absolute Gasteiger partial charge is 0.508 e. The molecular weight excluding hydrogens is 612 g/mol. The van der Waals surface area contributed by atoms with Crippen LogP contribution in [-0.2, 0) is 6.42 Å². The molecule has 0 unspecified atom stereocenters. The molecular formula is C39H38O9. The molecule has 0 saturated carbocycles. The zero-order valence-corrected chi connectivity index (χ0v) is 27.2. The minimum atomic E-state index is -0.890. The van der Waals surface area contributed by atoms with Gasteiger partial charge in [-0.15, -0.1) is 0 Å². The van der Waals surface area contributed by atoms with Crippen LogP contribution in [0.4, 0.5) is 0 Å². The van der Waals surface area contributed by atoms with Crippen LogP contribution in [0.25, 0.3) is 0 Å². The molecule has 0 fully saturated rings. The van der Waals surface area contributed by atoms with Gasteiger partial charge in [0.15, 0.2) is 5.78 Å². The fourth-order valence-corrected chi connectivity index (χ4v) is 7.23. The number of Topliss-reactive ketones (excluding diaryl/α,β-unsaturated/α-hetero) is 1. The highest BCUT2D eigenvalue weighted by Gasteiger charge is 2.43. The zero-order valence-electron chi connectivity index (χ0n) is 27.2. The molecule has 0 radical (unpaired) electrons. The molecule has 3 aliphatic heterocycles. The summed E-state index contributed by atoms with van der Waals surface area (Å²) in [6, 6.07) is 15.6. The molecule has 0 bridgehead atoms. The van der Waals surface area contributed by atoms with E-state index >= 15 is 0 Å². The van der Waals surface area contributed by atoms with Gasteiger partial charge in [0.25, 0.3) is 0 Å². The van der Waals surface area contributed by atoms with Gasteiger partial charge in [0.2, 0.25) is 0 Å². The number of ketones is 1. The molecule has 248 valence electrons. The maximum absolute atomic E-state index is 13.7. The van der Waals surface area contributed by atoms with Crippen LogP contribution < -0.4 is 14.2 Å². The van der Waals surface area contributed by atoms with Crippen molar-refractivity contribution in [1.29, 1.82) is 0 Å². The van der Waals surface area contributed by atoms with Crippen molar-refractivity contribution in [1.82, 2.24) is 0 Å². The van der Waals surface area contributed by atoms with Crippen molar-refractivity contribution in [2.45, 2.75) is 70.7 Å². The predicted octanol–water partition coefficient (Wildman–Crippen LogP) is 7.87. The molecule has 0 spiro atoms. The first kappa shape index (κ1) is 31.3. The van der Waals surface area contributed by atoms with Crippen molar-refractivity contribution < 1.29 is 44.5 Å². The second-order valence-electron chi connectivity index (χ2n) is 13.8. The van der Waals surface area contributed by atoms with Crippen molar-refractivity contribution in [3.8, 4) is 46.0 Å². The van der Waals surface area contributed by atoms with Crippen LogP contribution in [0.5, 0.6) is 46.0 Å². The first-order chi connectivity index (χ1) is 22.8. The number of hydrogen-bond acceptors (Lipinski definition) is 9. The van der Waals surface area contributed by atoms with Crippen LogP contribution in [0.3, 0.4) is 0 Å². The van der Waals surface area contributed by atoms with Gasteiger partial charge < -0.3 is 39.7 Å². The van der Waals surface area contributed by atoms with E-state index in [1.165, 1.54) is 23.8 Å². The molecule has 9 heteroatoms. The predicted molar refractivity (Wildman–Crippen MR) is 178 cm³/mol. The van der Waals surface area contributed by atoms with Crippen LogP contribution in [0.2, 0.25) is 0 Å². The number of carbonyl (C=O) groups excluding carboxylic acids is 1. The Morgan fingerprint density at radius 1 is 0.792 bits per heavy atom. The van der Waals surface area contributed by atoms with Gasteiger partial charge in [-0.25, -0.2) is 0 Å². The van der Waals surface area contributed by atoms with E-state index in [1.807, 2.05) is 27.7 Å². The van der Waals surface area contributed by atoms with Crippen molar-refractivity contribution in [2.24, 2.45) is 5.92 Å². The Hall–Kier alpha value is -5.31. The van der Waals surface area contributed by atoms with Crippen molar-refractivity contribution in [2.75, 3.05) is 0 Å². The number of hydrogen-bond donors (Lipinski definition) is 5. The number of ether oxygens (including phenoxy) is 3. The van der Waals surface area contributed by atoms with Gasteiger partial charge in [0.05, 0.1) is 12.3 Å². The highest BCUT2D eigenvalue weighted by Crippen LogP contribution is 2.55. The molecule has 0 aromatic heterocycles. The van der Waals surface area contributed by atoms with Gasteiger partial charge in [-0.1, -0.05) is 23.8 Å². The van der Waals surface area contributed by atoms with E-state index in [9.17, 15) is 30.3 Å². The smallest absolute Gasteiger partial charge is 0.174 e. The second-order valence-corrected chi connectivity index (χ2v) is 13.8. The third-order valence-electron chi connectivity index (χ3n) is 9.75. The minimum Gasteiger partial charge on any atom is -0.508 e. The molecule has 0 aliphatic carbocycles. The van der Waals surface area contributed by atoms with Crippen molar-refractivity contribution in [3.05, 3.63) is 106 Å². The molecule has 0 amide bonds. The number of aromatic hydroxyl groups is 5. The maximum Gasteiger partial charge on any atom is 0.174 e. The zero-order chi connectivity index (χ0) is 34.1. The number of fused-ring (bicyclic) bond motifs is 4. The highest BCUT2D eigenvalue weighted by molar-refractivity contribution is 6.03. The van der Waals surface area contributed by atoms with Crippen LogP contribution >= 0.6 is 0 Å². The minimum absolute atomic E-state index is 0.0782. The lowest BCUT2D eigenvalue weighted by atomic mass is 9.78. The van der Waals surface area contributed by atoms with Gasteiger partial charge in [-0.2, -0.15) is 0 Å². The third-order valence-corrected chi connectivity index (χ3v) is 9.75. The van der Waals surface area contributed by atoms with E-state index < -0.39 is 23.7 Å². The van der Waals surface area contributed by atoms with Crippen molar-refractivity contribution >= 4 is 5.78 Å². The fourth-order valence-electron chi connectivity index (χ4n) is 7.23. The molecule has 4 atom stereocenters. The van der Waals surface area contributed by atoms with Crippen molar-refractivity contribution in [3.63, 3.8) is 0 Å². The SMILES string of the molecule is CC(C)=CC[C@@H]1Cc2c(cc(O)c3c2O[C@@H](c2cc4c(cc2O)O[C@H](c2ccc(O)cc2)[C@H]4c2cc(O)cc(O)c2)CC3=O)OC1(C)C. The molecule has 5 N–H and O–H groups in total. The topological polar surface area (TPSA) is 146 Å². The number of allylic oxidation sites excluding steroid dienone is 2. The summed E-state index contributed by atoms with van der Waals surface area (Å²) < 4.78 is 19.4. The number of rotatable bonds is 5. The summed E-state index contributed by atoms with van der Waals surface area (Å²) in [5.74, 6) is -0.185. The third kappa shape index (κ3) is 5.43. The van der Waals surface area contributed by atoms with Crippen LogP contribution in [0.1, 0.15) is 96.8 Å². The van der Waals surface area contributed by atoms with E-state index in [0.29, 0.717) is 40.2 Å². The Morgan fingerprint density at radius 3 is 2.17 bits per heavy atom. The van der Waals surface area contributed by atoms with Crippen LogP contribution in [0, 0.1) is 5.92 Å². The van der Waals surface area contributed by atoms with Gasteiger partial charge in [-0.05, 0) is 82.0 Å². The first-order valence-electron chi connectivity index (χ1n) is 16.1. The lowest BCUT2D eigenvalue weighted by Gasteiger charge is -2.41. The van der Waals surface area contributed by atoms with Gasteiger partial charge in [0, 0.05) is 40.8 Å². The Bertz CT molecular complexity index is 1950. The molecule has 4 aromatic carbocycles. The molecule has 7 rings (SSSR count). The molecule has 4 aromatic rings. The summed E-state index contributed by atoms with van der Waals surface area (Å²) in [6.45, 7) is 8.13. The van der Waals surface area contributed by atoms with E-state index in [1.54, 1.807) is 42.5 Å². The average molecular weight is 651 g/mol. The van der Waals surface area contributed by atoms with E-state index in [4.69, 9.17) is 14.2 Å². The summed E-state index contributed by atoms with van der Waals surface area (Å²) in [5, 5.41) is 53.0. The Balaban J connectivity index is 1.31. The number of phenolic OH excluding ortho intramolecular Hbond substituents is 5. The molecule has 3 aliphatic rings. The lowest BCUT2D eigenvalue weighted by Crippen LogP contribution is -2.42. The molecule has 3 heterocycles. The maximum atomic E-state index is 13.7. The Labute approximate surface area is 278 Å². The summed E-state index contributed by atoms with van der Waals surface area (Å²) >= 11 is 0. The lowest BCUT2D eigenvalue weighted by molar-refractivity contribution is 0.0255. The monoisotopic (exact) mass is 650 g/mol. The van der Waals surface area contributed by atoms with E-state index in [2.05, 4.69) is 6.08 Å².